The molecular weight excluding hydrogens is 256 g/mol. The van der Waals surface area contributed by atoms with Crippen molar-refractivity contribution in [2.24, 2.45) is 0 Å². The summed E-state index contributed by atoms with van der Waals surface area (Å²) in [6, 6.07) is 5.73. The molecule has 0 spiro atoms. The number of hydrogen-bond acceptors (Lipinski definition) is 5. The van der Waals surface area contributed by atoms with Crippen LogP contribution in [0.3, 0.4) is 0 Å². The van der Waals surface area contributed by atoms with Gasteiger partial charge in [-0.05, 0) is 26.0 Å². The van der Waals surface area contributed by atoms with Crippen molar-refractivity contribution in [3.05, 3.63) is 18.2 Å². The fourth-order valence-electron chi connectivity index (χ4n) is 1.94. The normalized spacial score (nSPS) is 10.6. The van der Waals surface area contributed by atoms with Crippen LogP contribution in [0.4, 0.5) is 11.4 Å². The molecule has 0 saturated carbocycles. The van der Waals surface area contributed by atoms with Crippen LogP contribution >= 0.6 is 0 Å². The molecule has 114 valence electrons. The molecule has 5 heteroatoms. The molecular formula is C15H26N2O3. The zero-order valence-electron chi connectivity index (χ0n) is 12.7. The van der Waals surface area contributed by atoms with E-state index < -0.39 is 0 Å². The maximum absolute atomic E-state index is 6.10. The lowest BCUT2D eigenvalue weighted by Crippen LogP contribution is -2.31. The van der Waals surface area contributed by atoms with E-state index in [1.54, 1.807) is 7.11 Å². The van der Waals surface area contributed by atoms with Crippen LogP contribution in [0.1, 0.15) is 13.8 Å². The molecule has 0 saturated heterocycles. The van der Waals surface area contributed by atoms with Crippen LogP contribution in [0.25, 0.3) is 0 Å². The van der Waals surface area contributed by atoms with Crippen molar-refractivity contribution in [2.45, 2.75) is 13.8 Å². The van der Waals surface area contributed by atoms with Gasteiger partial charge in [0.1, 0.15) is 5.75 Å². The van der Waals surface area contributed by atoms with Crippen LogP contribution in [0.5, 0.6) is 5.75 Å². The summed E-state index contributed by atoms with van der Waals surface area (Å²) in [5, 5.41) is 0. The molecule has 2 N–H and O–H groups in total. The van der Waals surface area contributed by atoms with Crippen LogP contribution in [0.2, 0.25) is 0 Å². The predicted octanol–water partition coefficient (Wildman–Crippen LogP) is 2.16. The van der Waals surface area contributed by atoms with Crippen LogP contribution in [-0.2, 0) is 9.47 Å². The third-order valence-corrected chi connectivity index (χ3v) is 2.99. The first-order valence-electron chi connectivity index (χ1n) is 7.06. The Hall–Kier alpha value is -1.46. The van der Waals surface area contributed by atoms with Gasteiger partial charge in [0.2, 0.25) is 0 Å². The van der Waals surface area contributed by atoms with Crippen LogP contribution in [-0.4, -0.2) is 46.6 Å². The number of nitrogens with zero attached hydrogens (tertiary/aromatic N) is 1. The van der Waals surface area contributed by atoms with E-state index in [-0.39, 0.29) is 0 Å². The van der Waals surface area contributed by atoms with Crippen molar-refractivity contribution in [3.63, 3.8) is 0 Å². The summed E-state index contributed by atoms with van der Waals surface area (Å²) in [5.74, 6) is 0.765. The first kappa shape index (κ1) is 16.6. The molecule has 0 aliphatic heterocycles. The Kier molecular flexibility index (Phi) is 7.84. The number of ether oxygens (including phenoxy) is 3. The van der Waals surface area contributed by atoms with Crippen molar-refractivity contribution < 1.29 is 14.2 Å². The Morgan fingerprint density at radius 1 is 1.05 bits per heavy atom. The average molecular weight is 282 g/mol. The van der Waals surface area contributed by atoms with E-state index in [4.69, 9.17) is 19.9 Å². The minimum absolute atomic E-state index is 0.675. The van der Waals surface area contributed by atoms with Gasteiger partial charge in [-0.3, -0.25) is 0 Å². The van der Waals surface area contributed by atoms with Gasteiger partial charge < -0.3 is 24.8 Å². The Balaban J connectivity index is 2.73. The largest absolute Gasteiger partial charge is 0.497 e. The highest BCUT2D eigenvalue weighted by atomic mass is 16.5. The van der Waals surface area contributed by atoms with Gasteiger partial charge in [0.05, 0.1) is 31.7 Å². The van der Waals surface area contributed by atoms with Crippen LogP contribution in [0, 0.1) is 0 Å². The second-order valence-corrected chi connectivity index (χ2v) is 4.31. The second kappa shape index (κ2) is 9.44. The third-order valence-electron chi connectivity index (χ3n) is 2.99. The van der Waals surface area contributed by atoms with Crippen molar-refractivity contribution in [3.8, 4) is 5.75 Å². The van der Waals surface area contributed by atoms with Gasteiger partial charge in [0.25, 0.3) is 0 Å². The molecule has 5 nitrogen and oxygen atoms in total. The molecule has 20 heavy (non-hydrogen) atoms. The average Bonchev–Trinajstić information content (AvgIpc) is 2.46. The molecule has 0 atom stereocenters. The molecule has 0 unspecified atom stereocenters. The molecule has 0 heterocycles. The smallest absolute Gasteiger partial charge is 0.121 e. The summed E-state index contributed by atoms with van der Waals surface area (Å²) in [7, 11) is 1.64. The van der Waals surface area contributed by atoms with Gasteiger partial charge in [-0.15, -0.1) is 0 Å². The molecule has 0 aromatic heterocycles. The molecule has 0 aliphatic carbocycles. The number of hydrogen-bond donors (Lipinski definition) is 1. The molecule has 0 fully saturated rings. The van der Waals surface area contributed by atoms with E-state index in [0.717, 1.165) is 37.7 Å². The second-order valence-electron chi connectivity index (χ2n) is 4.31. The molecule has 0 bridgehead atoms. The van der Waals surface area contributed by atoms with Gasteiger partial charge in [-0.1, -0.05) is 0 Å². The van der Waals surface area contributed by atoms with E-state index in [2.05, 4.69) is 4.90 Å². The predicted molar refractivity (Wildman–Crippen MR) is 82.6 cm³/mol. The number of benzene rings is 1. The summed E-state index contributed by atoms with van der Waals surface area (Å²) in [4.78, 5) is 2.18. The van der Waals surface area contributed by atoms with E-state index >= 15 is 0 Å². The molecule has 1 rings (SSSR count). The van der Waals surface area contributed by atoms with Crippen molar-refractivity contribution in [1.29, 1.82) is 0 Å². The topological polar surface area (TPSA) is 57.0 Å². The van der Waals surface area contributed by atoms with Crippen molar-refractivity contribution in [2.75, 3.05) is 57.3 Å². The Morgan fingerprint density at radius 3 is 2.10 bits per heavy atom. The lowest BCUT2D eigenvalue weighted by molar-refractivity contribution is 0.141. The fraction of sp³-hybridized carbons (Fsp3) is 0.600. The van der Waals surface area contributed by atoms with Gasteiger partial charge in [-0.2, -0.15) is 0 Å². The van der Waals surface area contributed by atoms with Gasteiger partial charge in [-0.25, -0.2) is 0 Å². The van der Waals surface area contributed by atoms with Crippen molar-refractivity contribution >= 4 is 11.4 Å². The lowest BCUT2D eigenvalue weighted by Gasteiger charge is -2.26. The fourth-order valence-corrected chi connectivity index (χ4v) is 1.94. The summed E-state index contributed by atoms with van der Waals surface area (Å²) in [6.45, 7) is 8.35. The number of methoxy groups -OCH3 is 1. The maximum Gasteiger partial charge on any atom is 0.121 e. The van der Waals surface area contributed by atoms with Crippen LogP contribution in [0.15, 0.2) is 18.2 Å². The zero-order valence-corrected chi connectivity index (χ0v) is 12.7. The number of anilines is 2. The first-order chi connectivity index (χ1) is 9.72. The number of rotatable bonds is 10. The third kappa shape index (κ3) is 5.27. The van der Waals surface area contributed by atoms with E-state index in [1.807, 2.05) is 32.0 Å². The minimum atomic E-state index is 0.675. The molecule has 0 amide bonds. The Bertz CT molecular complexity index is 375. The highest BCUT2D eigenvalue weighted by Crippen LogP contribution is 2.27. The summed E-state index contributed by atoms with van der Waals surface area (Å²) in [5.41, 5.74) is 7.80. The van der Waals surface area contributed by atoms with E-state index in [9.17, 15) is 0 Å². The standard InChI is InChI=1S/C15H26N2O3/c1-4-19-10-8-17(9-11-20-5-2)15-7-6-13(18-3)12-14(15)16/h6-7,12H,4-5,8-11,16H2,1-3H3. The SMILES string of the molecule is CCOCCN(CCOCC)c1ccc(OC)cc1N. The Morgan fingerprint density at radius 2 is 1.65 bits per heavy atom. The van der Waals surface area contributed by atoms with E-state index in [1.165, 1.54) is 0 Å². The zero-order chi connectivity index (χ0) is 14.8. The maximum atomic E-state index is 6.10. The quantitative estimate of drug-likeness (QED) is 0.526. The summed E-state index contributed by atoms with van der Waals surface area (Å²) < 4.78 is 16.0. The highest BCUT2D eigenvalue weighted by Gasteiger charge is 2.10. The molecule has 0 aliphatic rings. The molecule has 0 radical (unpaired) electrons. The summed E-state index contributed by atoms with van der Waals surface area (Å²) >= 11 is 0. The Labute approximate surface area is 121 Å². The molecule has 1 aromatic rings. The monoisotopic (exact) mass is 282 g/mol. The van der Waals surface area contributed by atoms with Gasteiger partial charge in [0, 0.05) is 32.4 Å². The van der Waals surface area contributed by atoms with Gasteiger partial charge >= 0.3 is 0 Å². The number of nitrogen functional groups attached to an aromatic ring is 1. The van der Waals surface area contributed by atoms with Crippen LogP contribution < -0.4 is 15.4 Å². The van der Waals surface area contributed by atoms with E-state index in [0.29, 0.717) is 18.9 Å². The van der Waals surface area contributed by atoms with Crippen molar-refractivity contribution in [1.82, 2.24) is 0 Å². The first-order valence-corrected chi connectivity index (χ1v) is 7.06. The highest BCUT2D eigenvalue weighted by molar-refractivity contribution is 5.69. The van der Waals surface area contributed by atoms with Gasteiger partial charge in [0.15, 0.2) is 0 Å². The summed E-state index contributed by atoms with van der Waals surface area (Å²) in [6.07, 6.45) is 0. The lowest BCUT2D eigenvalue weighted by atomic mass is 10.2. The number of nitrogens with two attached hydrogens (primary N) is 1. The molecule has 1 aromatic carbocycles. The minimum Gasteiger partial charge on any atom is -0.497 e.